The molecule has 0 saturated carbocycles. The van der Waals surface area contributed by atoms with Gasteiger partial charge in [-0.15, -0.1) is 0 Å². The van der Waals surface area contributed by atoms with Crippen molar-refractivity contribution >= 4 is 20.9 Å². The number of primary sulfonamides is 1. The quantitative estimate of drug-likeness (QED) is 0.684. The van der Waals surface area contributed by atoms with E-state index in [4.69, 9.17) is 19.3 Å². The molecule has 3 aromatic rings. The Balaban J connectivity index is 1.79. The molecule has 29 heavy (non-hydrogen) atoms. The summed E-state index contributed by atoms with van der Waals surface area (Å²) < 4.78 is 42.3. The molecule has 0 spiro atoms. The average Bonchev–Trinajstić information content (AvgIpc) is 3.21. The molecule has 1 atom stereocenters. The number of sulfonamides is 1. The van der Waals surface area contributed by atoms with Crippen molar-refractivity contribution in [2.75, 3.05) is 13.7 Å². The summed E-state index contributed by atoms with van der Waals surface area (Å²) in [7, 11) is -2.18. The van der Waals surface area contributed by atoms with Crippen LogP contribution in [0.2, 0.25) is 0 Å². The number of benzene rings is 1. The van der Waals surface area contributed by atoms with Gasteiger partial charge in [0.05, 0.1) is 36.1 Å². The van der Waals surface area contributed by atoms with Gasteiger partial charge in [0.2, 0.25) is 15.9 Å². The Labute approximate surface area is 169 Å². The van der Waals surface area contributed by atoms with Crippen LogP contribution in [0.3, 0.4) is 0 Å². The fourth-order valence-electron chi connectivity index (χ4n) is 3.64. The van der Waals surface area contributed by atoms with Gasteiger partial charge in [0.1, 0.15) is 6.10 Å². The zero-order valence-corrected chi connectivity index (χ0v) is 17.3. The molecule has 2 N–H and O–H groups in total. The number of fused-ring (bicyclic) bond motifs is 1. The van der Waals surface area contributed by atoms with E-state index in [2.05, 4.69) is 9.55 Å². The van der Waals surface area contributed by atoms with Crippen molar-refractivity contribution in [2.24, 2.45) is 5.14 Å². The smallest absolute Gasteiger partial charge is 0.238 e. The third kappa shape index (κ3) is 3.86. The van der Waals surface area contributed by atoms with Crippen molar-refractivity contribution < 1.29 is 22.6 Å². The maximum atomic E-state index is 11.6. The van der Waals surface area contributed by atoms with Crippen LogP contribution in [-0.4, -0.2) is 43.6 Å². The Hall–Kier alpha value is -2.46. The van der Waals surface area contributed by atoms with Gasteiger partial charge in [0, 0.05) is 18.0 Å². The summed E-state index contributed by atoms with van der Waals surface area (Å²) in [5, 5.41) is 6.06. The highest BCUT2D eigenvalue weighted by molar-refractivity contribution is 7.89. The second-order valence-corrected chi connectivity index (χ2v) is 8.99. The van der Waals surface area contributed by atoms with E-state index in [9.17, 15) is 8.42 Å². The largest absolute Gasteiger partial charge is 0.480 e. The summed E-state index contributed by atoms with van der Waals surface area (Å²) in [6.45, 7) is 4.90. The molecule has 1 saturated heterocycles. The first-order valence-corrected chi connectivity index (χ1v) is 10.7. The van der Waals surface area contributed by atoms with E-state index >= 15 is 0 Å². The van der Waals surface area contributed by atoms with E-state index < -0.39 is 15.8 Å². The van der Waals surface area contributed by atoms with Gasteiger partial charge in [-0.05, 0) is 37.6 Å². The Kier molecular flexibility index (Phi) is 4.86. The molecule has 2 aromatic heterocycles. The summed E-state index contributed by atoms with van der Waals surface area (Å²) in [6.07, 6.45) is 3.61. The molecule has 1 aromatic carbocycles. The van der Waals surface area contributed by atoms with Crippen LogP contribution in [0.15, 0.2) is 47.6 Å². The maximum absolute atomic E-state index is 11.6. The second kappa shape index (κ2) is 7.10. The van der Waals surface area contributed by atoms with E-state index in [0.717, 1.165) is 22.0 Å². The molecule has 1 fully saturated rings. The van der Waals surface area contributed by atoms with Gasteiger partial charge in [-0.3, -0.25) is 0 Å². The zero-order chi connectivity index (χ0) is 20.8. The van der Waals surface area contributed by atoms with E-state index in [1.807, 2.05) is 26.1 Å². The van der Waals surface area contributed by atoms with Crippen molar-refractivity contribution in [3.05, 3.63) is 42.7 Å². The van der Waals surface area contributed by atoms with Crippen LogP contribution in [0, 0.1) is 0 Å². The number of ether oxygens (including phenoxy) is 3. The fourth-order valence-corrected chi connectivity index (χ4v) is 4.15. The van der Waals surface area contributed by atoms with Gasteiger partial charge < -0.3 is 18.8 Å². The van der Waals surface area contributed by atoms with Gasteiger partial charge in [0.25, 0.3) is 0 Å². The van der Waals surface area contributed by atoms with Gasteiger partial charge in [-0.2, -0.15) is 0 Å². The van der Waals surface area contributed by atoms with Crippen molar-refractivity contribution in [1.29, 1.82) is 0 Å². The van der Waals surface area contributed by atoms with Crippen LogP contribution in [0.4, 0.5) is 0 Å². The number of rotatable bonds is 5. The molecule has 8 nitrogen and oxygen atoms in total. The lowest BCUT2D eigenvalue weighted by atomic mass is 10.1. The third-order valence-corrected chi connectivity index (χ3v) is 5.84. The average molecular weight is 417 g/mol. The first kappa shape index (κ1) is 19.8. The molecule has 3 heterocycles. The lowest BCUT2D eigenvalue weighted by molar-refractivity contribution is -0.139. The summed E-state index contributed by atoms with van der Waals surface area (Å²) in [5.74, 6) is -0.102. The first-order chi connectivity index (χ1) is 13.7. The van der Waals surface area contributed by atoms with Crippen LogP contribution in [-0.2, 0) is 26.0 Å². The van der Waals surface area contributed by atoms with Crippen molar-refractivity contribution in [1.82, 2.24) is 9.55 Å². The van der Waals surface area contributed by atoms with Crippen molar-refractivity contribution in [3.63, 3.8) is 0 Å². The van der Waals surface area contributed by atoms with E-state index in [1.165, 1.54) is 12.1 Å². The Morgan fingerprint density at radius 1 is 1.28 bits per heavy atom. The summed E-state index contributed by atoms with van der Waals surface area (Å²) in [4.78, 5) is 4.39. The Morgan fingerprint density at radius 3 is 2.59 bits per heavy atom. The number of pyridine rings is 1. The van der Waals surface area contributed by atoms with Gasteiger partial charge in [-0.25, -0.2) is 18.5 Å². The monoisotopic (exact) mass is 417 g/mol. The number of hydrogen-bond acceptors (Lipinski definition) is 6. The summed E-state index contributed by atoms with van der Waals surface area (Å²) >= 11 is 0. The standard InChI is InChI=1S/C20H23N3O5S/c1-20(2)27-12-14(28-20)10-23-11-16(18-17(23)8-9-22-19(18)26-3)13-4-6-15(7-5-13)29(21,24)25/h4-9,11,14H,10,12H2,1-3H3,(H2,21,24,25). The lowest BCUT2D eigenvalue weighted by Gasteiger charge is -2.17. The molecule has 0 bridgehead atoms. The van der Waals surface area contributed by atoms with Crippen LogP contribution in [0.5, 0.6) is 5.88 Å². The Morgan fingerprint density at radius 2 is 2.00 bits per heavy atom. The third-order valence-electron chi connectivity index (χ3n) is 4.91. The minimum atomic E-state index is -3.75. The molecule has 9 heteroatoms. The van der Waals surface area contributed by atoms with E-state index in [-0.39, 0.29) is 11.0 Å². The predicted octanol–water partition coefficient (Wildman–Crippen LogP) is 2.51. The van der Waals surface area contributed by atoms with Crippen molar-refractivity contribution in [3.8, 4) is 17.0 Å². The highest BCUT2D eigenvalue weighted by atomic mass is 32.2. The SMILES string of the molecule is COc1nccc2c1c(-c1ccc(S(N)(=O)=O)cc1)cn2CC1COC(C)(C)O1. The zero-order valence-electron chi connectivity index (χ0n) is 16.5. The molecule has 1 aliphatic rings. The molecule has 0 amide bonds. The molecular formula is C20H23N3O5S. The van der Waals surface area contributed by atoms with Gasteiger partial charge in [0.15, 0.2) is 5.79 Å². The lowest BCUT2D eigenvalue weighted by Crippen LogP contribution is -2.23. The van der Waals surface area contributed by atoms with E-state index in [0.29, 0.717) is 19.0 Å². The van der Waals surface area contributed by atoms with Gasteiger partial charge >= 0.3 is 0 Å². The molecule has 1 unspecified atom stereocenters. The molecule has 1 aliphatic heterocycles. The maximum Gasteiger partial charge on any atom is 0.238 e. The first-order valence-electron chi connectivity index (χ1n) is 9.15. The van der Waals surface area contributed by atoms with Crippen LogP contribution >= 0.6 is 0 Å². The number of hydrogen-bond donors (Lipinski definition) is 1. The molecule has 4 rings (SSSR count). The normalized spacial score (nSPS) is 19.0. The molecular weight excluding hydrogens is 394 g/mol. The van der Waals surface area contributed by atoms with Crippen LogP contribution in [0.25, 0.3) is 22.0 Å². The molecule has 0 radical (unpaired) electrons. The highest BCUT2D eigenvalue weighted by Crippen LogP contribution is 2.36. The summed E-state index contributed by atoms with van der Waals surface area (Å²) in [5.41, 5.74) is 2.65. The van der Waals surface area contributed by atoms with Crippen molar-refractivity contribution in [2.45, 2.75) is 37.2 Å². The second-order valence-electron chi connectivity index (χ2n) is 7.43. The number of nitrogens with two attached hydrogens (primary N) is 1. The molecule has 0 aliphatic carbocycles. The number of nitrogens with zero attached hydrogens (tertiary/aromatic N) is 2. The van der Waals surface area contributed by atoms with E-state index in [1.54, 1.807) is 25.4 Å². The van der Waals surface area contributed by atoms with Gasteiger partial charge in [-0.1, -0.05) is 12.1 Å². The van der Waals surface area contributed by atoms with Crippen LogP contribution < -0.4 is 9.88 Å². The van der Waals surface area contributed by atoms with Crippen LogP contribution in [0.1, 0.15) is 13.8 Å². The minimum absolute atomic E-state index is 0.0637. The minimum Gasteiger partial charge on any atom is -0.480 e. The molecule has 154 valence electrons. The number of methoxy groups -OCH3 is 1. The number of aromatic nitrogens is 2. The Bertz CT molecular complexity index is 1150. The fraction of sp³-hybridized carbons (Fsp3) is 0.350. The topological polar surface area (TPSA) is 106 Å². The summed E-state index contributed by atoms with van der Waals surface area (Å²) in [6, 6.07) is 8.36. The predicted molar refractivity (Wildman–Crippen MR) is 108 cm³/mol. The highest BCUT2D eigenvalue weighted by Gasteiger charge is 2.33.